The molecule has 8 aromatic carbocycles. The number of thiophene rings is 1. The molecule has 0 saturated heterocycles. The van der Waals surface area contributed by atoms with Crippen LogP contribution in [0, 0.1) is 22.7 Å². The maximum Gasteiger partial charge on any atom is 0.0998 e. The van der Waals surface area contributed by atoms with Crippen molar-refractivity contribution in [2.45, 2.75) is 0 Å². The maximum absolute atomic E-state index is 10.1. The first-order valence-electron chi connectivity index (χ1n) is 18.2. The molecule has 0 aliphatic heterocycles. The van der Waals surface area contributed by atoms with Crippen LogP contribution in [0.3, 0.4) is 0 Å². The van der Waals surface area contributed by atoms with Crippen LogP contribution in [0.15, 0.2) is 170 Å². The molecule has 0 amide bonds. The first kappa shape index (κ1) is 31.1. The fourth-order valence-electron chi connectivity index (χ4n) is 8.68. The molecule has 0 aliphatic carbocycles. The second-order valence-corrected chi connectivity index (χ2v) is 14.9. The summed E-state index contributed by atoms with van der Waals surface area (Å²) in [6, 6.07) is 64.2. The van der Waals surface area contributed by atoms with Crippen LogP contribution in [0.1, 0.15) is 11.1 Å². The number of aromatic nitrogens is 2. The molecule has 4 nitrogen and oxygen atoms in total. The minimum Gasteiger partial charge on any atom is -0.309 e. The quantitative estimate of drug-likeness (QED) is 0.182. The number of para-hydroxylation sites is 3. The number of benzene rings is 8. The topological polar surface area (TPSA) is 57.4 Å². The SMILES string of the molecule is N#Cc1cccc(C#N)c1-c1cccc(-c2ccc(-n3c4ccccc4c4ccccc43)cc2-n2c3ccccc3c3c4sc5ccccc5c4ccc32)c1. The molecule has 0 unspecified atom stereocenters. The van der Waals surface area contributed by atoms with Crippen molar-refractivity contribution < 1.29 is 0 Å². The highest BCUT2D eigenvalue weighted by atomic mass is 32.1. The predicted molar refractivity (Wildman–Crippen MR) is 228 cm³/mol. The van der Waals surface area contributed by atoms with E-state index in [0.29, 0.717) is 16.7 Å². The molecule has 0 spiro atoms. The summed E-state index contributed by atoms with van der Waals surface area (Å²) in [4.78, 5) is 0. The lowest BCUT2D eigenvalue weighted by molar-refractivity contribution is 1.14. The minimum atomic E-state index is 0.480. The van der Waals surface area contributed by atoms with Crippen molar-refractivity contribution in [1.29, 1.82) is 10.5 Å². The Morgan fingerprint density at radius 1 is 0.436 bits per heavy atom. The summed E-state index contributed by atoms with van der Waals surface area (Å²) < 4.78 is 7.36. The fourth-order valence-corrected chi connectivity index (χ4v) is 9.93. The molecule has 11 aromatic rings. The predicted octanol–water partition coefficient (Wildman–Crippen LogP) is 13.3. The Hall–Kier alpha value is -7.44. The van der Waals surface area contributed by atoms with E-state index >= 15 is 0 Å². The summed E-state index contributed by atoms with van der Waals surface area (Å²) >= 11 is 1.86. The second-order valence-electron chi connectivity index (χ2n) is 13.9. The molecular weight excluding hydrogens is 689 g/mol. The molecule has 3 heterocycles. The van der Waals surface area contributed by atoms with Gasteiger partial charge in [0.2, 0.25) is 0 Å². The zero-order valence-electron chi connectivity index (χ0n) is 29.4. The van der Waals surface area contributed by atoms with Gasteiger partial charge in [0.15, 0.2) is 0 Å². The summed E-state index contributed by atoms with van der Waals surface area (Å²) in [6.45, 7) is 0. The monoisotopic (exact) mass is 716 g/mol. The van der Waals surface area contributed by atoms with E-state index in [-0.39, 0.29) is 0 Å². The summed E-state index contributed by atoms with van der Waals surface area (Å²) in [5.41, 5.74) is 11.1. The van der Waals surface area contributed by atoms with Crippen molar-refractivity contribution in [1.82, 2.24) is 9.13 Å². The normalized spacial score (nSPS) is 11.6. The molecule has 5 heteroatoms. The molecule has 55 heavy (non-hydrogen) atoms. The van der Waals surface area contributed by atoms with Gasteiger partial charge in [-0.05, 0) is 71.8 Å². The van der Waals surface area contributed by atoms with E-state index in [9.17, 15) is 10.5 Å². The smallest absolute Gasteiger partial charge is 0.0998 e. The number of rotatable bonds is 4. The lowest BCUT2D eigenvalue weighted by atomic mass is 9.92. The molecule has 0 saturated carbocycles. The van der Waals surface area contributed by atoms with Crippen LogP contribution in [-0.4, -0.2) is 9.13 Å². The van der Waals surface area contributed by atoms with E-state index in [2.05, 4.69) is 161 Å². The highest BCUT2D eigenvalue weighted by Gasteiger charge is 2.22. The number of fused-ring (bicyclic) bond motifs is 10. The first-order valence-corrected chi connectivity index (χ1v) is 19.0. The van der Waals surface area contributed by atoms with Gasteiger partial charge >= 0.3 is 0 Å². The van der Waals surface area contributed by atoms with E-state index in [1.165, 1.54) is 41.7 Å². The Bertz CT molecular complexity index is 3390. The number of hydrogen-bond acceptors (Lipinski definition) is 3. The van der Waals surface area contributed by atoms with Crippen molar-refractivity contribution in [3.8, 4) is 45.8 Å². The molecule has 0 atom stereocenters. The van der Waals surface area contributed by atoms with Crippen LogP contribution < -0.4 is 0 Å². The van der Waals surface area contributed by atoms with E-state index in [1.807, 2.05) is 23.5 Å². The molecular formula is C50H28N4S. The zero-order chi connectivity index (χ0) is 36.6. The zero-order valence-corrected chi connectivity index (χ0v) is 30.2. The van der Waals surface area contributed by atoms with E-state index in [4.69, 9.17) is 0 Å². The summed E-state index contributed by atoms with van der Waals surface area (Å²) in [7, 11) is 0. The highest BCUT2D eigenvalue weighted by Crippen LogP contribution is 2.45. The van der Waals surface area contributed by atoms with Gasteiger partial charge in [-0.2, -0.15) is 10.5 Å². The lowest BCUT2D eigenvalue weighted by Gasteiger charge is -2.18. The van der Waals surface area contributed by atoms with Crippen LogP contribution >= 0.6 is 11.3 Å². The lowest BCUT2D eigenvalue weighted by Crippen LogP contribution is -2.01. The standard InChI is InChI=1S/C50H28N4S/c51-29-33-13-10-14-34(30-52)48(33)32-12-9-11-31(27-32)36-24-23-35(53-42-19-5-1-15-37(42)38-16-2-6-20-43(38)53)28-46(36)54-44-21-7-3-18-41(44)49-45(54)26-25-40-39-17-4-8-22-47(39)55-50(40)49/h1-28H. The van der Waals surface area contributed by atoms with Crippen molar-refractivity contribution >= 4 is 75.1 Å². The van der Waals surface area contributed by atoms with Crippen molar-refractivity contribution in [3.63, 3.8) is 0 Å². The fraction of sp³-hybridized carbons (Fsp3) is 0. The van der Waals surface area contributed by atoms with Gasteiger partial charge in [0.25, 0.3) is 0 Å². The molecule has 0 bridgehead atoms. The Morgan fingerprint density at radius 3 is 1.75 bits per heavy atom. The van der Waals surface area contributed by atoms with Gasteiger partial charge in [0.05, 0.1) is 51.0 Å². The van der Waals surface area contributed by atoms with E-state index in [1.54, 1.807) is 18.2 Å². The number of nitrogens with zero attached hydrogens (tertiary/aromatic N) is 4. The van der Waals surface area contributed by atoms with Gasteiger partial charge in [-0.3, -0.25) is 0 Å². The van der Waals surface area contributed by atoms with Crippen LogP contribution in [0.4, 0.5) is 0 Å². The molecule has 3 aromatic heterocycles. The molecule has 0 aliphatic rings. The summed E-state index contributed by atoms with van der Waals surface area (Å²) in [6.07, 6.45) is 0. The van der Waals surface area contributed by atoms with Crippen LogP contribution in [-0.2, 0) is 0 Å². The van der Waals surface area contributed by atoms with Crippen LogP contribution in [0.2, 0.25) is 0 Å². The van der Waals surface area contributed by atoms with Crippen LogP contribution in [0.5, 0.6) is 0 Å². The molecule has 11 rings (SSSR count). The Balaban J connectivity index is 1.25. The molecule has 0 fully saturated rings. The largest absolute Gasteiger partial charge is 0.309 e. The van der Waals surface area contributed by atoms with Gasteiger partial charge in [-0.25, -0.2) is 0 Å². The van der Waals surface area contributed by atoms with Crippen molar-refractivity contribution in [2.24, 2.45) is 0 Å². The highest BCUT2D eigenvalue weighted by molar-refractivity contribution is 7.26. The minimum absolute atomic E-state index is 0.480. The Kier molecular flexibility index (Phi) is 6.82. The van der Waals surface area contributed by atoms with E-state index in [0.717, 1.165) is 50.1 Å². The van der Waals surface area contributed by atoms with E-state index < -0.39 is 0 Å². The molecule has 0 N–H and O–H groups in total. The van der Waals surface area contributed by atoms with Gasteiger partial charge < -0.3 is 9.13 Å². The summed E-state index contributed by atoms with van der Waals surface area (Å²) in [5.74, 6) is 0. The maximum atomic E-state index is 10.1. The Morgan fingerprint density at radius 2 is 1.04 bits per heavy atom. The third-order valence-electron chi connectivity index (χ3n) is 11.0. The van der Waals surface area contributed by atoms with Crippen LogP contribution in [0.25, 0.3) is 97.4 Å². The van der Waals surface area contributed by atoms with Crippen molar-refractivity contribution in [3.05, 3.63) is 181 Å². The van der Waals surface area contributed by atoms with Gasteiger partial charge in [-0.15, -0.1) is 11.3 Å². The first-order chi connectivity index (χ1) is 27.2. The molecule has 0 radical (unpaired) electrons. The summed E-state index contributed by atoms with van der Waals surface area (Å²) in [5, 5.41) is 27.6. The second kappa shape index (κ2) is 12.0. The number of nitriles is 2. The number of hydrogen-bond donors (Lipinski definition) is 0. The molecule has 254 valence electrons. The van der Waals surface area contributed by atoms with Gasteiger partial charge in [-0.1, -0.05) is 109 Å². The average molecular weight is 717 g/mol. The average Bonchev–Trinajstić information content (AvgIpc) is 3.91. The van der Waals surface area contributed by atoms with Crippen molar-refractivity contribution in [2.75, 3.05) is 0 Å². The van der Waals surface area contributed by atoms with Gasteiger partial charge in [0, 0.05) is 58.5 Å². The third kappa shape index (κ3) is 4.55. The third-order valence-corrected chi connectivity index (χ3v) is 12.2. The Labute approximate surface area is 320 Å². The van der Waals surface area contributed by atoms with Gasteiger partial charge in [0.1, 0.15) is 0 Å².